The van der Waals surface area contributed by atoms with Gasteiger partial charge in [0.25, 0.3) is 0 Å². The second-order valence-corrected chi connectivity index (χ2v) is 4.32. The van der Waals surface area contributed by atoms with E-state index in [1.165, 1.54) is 0 Å². The largest absolute Gasteiger partial charge is 0.490 e. The Morgan fingerprint density at radius 1 is 1.22 bits per heavy atom. The summed E-state index contributed by atoms with van der Waals surface area (Å²) in [5.41, 5.74) is 1.16. The fraction of sp³-hybridized carbons (Fsp3) is 0.571. The molecule has 0 aromatic heterocycles. The predicted octanol–water partition coefficient (Wildman–Crippen LogP) is 1.95. The number of rotatable bonds is 8. The van der Waals surface area contributed by atoms with E-state index in [0.29, 0.717) is 18.4 Å². The maximum Gasteiger partial charge on any atom is 0.161 e. The summed E-state index contributed by atoms with van der Waals surface area (Å²) < 4.78 is 11.0. The number of benzene rings is 1. The van der Waals surface area contributed by atoms with Crippen LogP contribution in [0.25, 0.3) is 0 Å². The molecule has 18 heavy (non-hydrogen) atoms. The second-order valence-electron chi connectivity index (χ2n) is 4.32. The molecule has 0 aliphatic rings. The molecule has 0 aliphatic carbocycles. The first-order valence-corrected chi connectivity index (χ1v) is 6.40. The fourth-order valence-corrected chi connectivity index (χ4v) is 1.53. The Bertz CT molecular complexity index is 353. The molecule has 0 atom stereocenters. The summed E-state index contributed by atoms with van der Waals surface area (Å²) in [6.45, 7) is 7.85. The Hall–Kier alpha value is -1.26. The van der Waals surface area contributed by atoms with Crippen molar-refractivity contribution in [1.82, 2.24) is 5.32 Å². The molecule has 0 unspecified atom stereocenters. The Kier molecular flexibility index (Phi) is 6.54. The number of nitrogens with one attached hydrogen (secondary N) is 1. The molecule has 0 fully saturated rings. The molecule has 2 N–H and O–H groups in total. The van der Waals surface area contributed by atoms with Crippen LogP contribution in [0.15, 0.2) is 18.2 Å². The minimum Gasteiger partial charge on any atom is -0.490 e. The molecule has 102 valence electrons. The number of hydrogen-bond donors (Lipinski definition) is 2. The van der Waals surface area contributed by atoms with Gasteiger partial charge in [-0.2, -0.15) is 0 Å². The van der Waals surface area contributed by atoms with Gasteiger partial charge in [-0.25, -0.2) is 0 Å². The summed E-state index contributed by atoms with van der Waals surface area (Å²) in [5, 5.41) is 12.1. The zero-order chi connectivity index (χ0) is 13.4. The van der Waals surface area contributed by atoms with E-state index >= 15 is 0 Å². The Labute approximate surface area is 109 Å². The first kappa shape index (κ1) is 14.8. The van der Waals surface area contributed by atoms with E-state index in [0.717, 1.165) is 17.9 Å². The molecule has 1 aromatic rings. The van der Waals surface area contributed by atoms with Crippen molar-refractivity contribution in [2.45, 2.75) is 33.4 Å². The third-order valence-corrected chi connectivity index (χ3v) is 2.37. The number of hydrogen-bond acceptors (Lipinski definition) is 4. The van der Waals surface area contributed by atoms with Crippen molar-refractivity contribution < 1.29 is 14.6 Å². The van der Waals surface area contributed by atoms with E-state index in [-0.39, 0.29) is 13.2 Å². The molecule has 0 bridgehead atoms. The highest BCUT2D eigenvalue weighted by molar-refractivity contribution is 5.43. The molecule has 0 aliphatic heterocycles. The summed E-state index contributed by atoms with van der Waals surface area (Å²) in [6, 6.07) is 6.32. The lowest BCUT2D eigenvalue weighted by molar-refractivity contribution is 0.194. The van der Waals surface area contributed by atoms with Gasteiger partial charge < -0.3 is 19.9 Å². The van der Waals surface area contributed by atoms with Crippen molar-refractivity contribution in [2.75, 3.05) is 19.8 Å². The van der Waals surface area contributed by atoms with E-state index in [2.05, 4.69) is 19.2 Å². The zero-order valence-electron chi connectivity index (χ0n) is 11.4. The molecule has 0 saturated carbocycles. The second kappa shape index (κ2) is 7.95. The molecule has 4 nitrogen and oxygen atoms in total. The molecular formula is C14H23NO3. The molecular weight excluding hydrogens is 230 g/mol. The molecule has 0 saturated heterocycles. The summed E-state index contributed by atoms with van der Waals surface area (Å²) in [5.74, 6) is 1.41. The van der Waals surface area contributed by atoms with Gasteiger partial charge in [-0.3, -0.25) is 0 Å². The van der Waals surface area contributed by atoms with Crippen molar-refractivity contribution in [3.05, 3.63) is 23.8 Å². The van der Waals surface area contributed by atoms with Crippen LogP contribution in [0, 0.1) is 0 Å². The molecule has 0 spiro atoms. The van der Waals surface area contributed by atoms with Crippen LogP contribution in [-0.2, 0) is 6.54 Å². The van der Waals surface area contributed by atoms with Crippen molar-refractivity contribution in [1.29, 1.82) is 0 Å². The van der Waals surface area contributed by atoms with E-state index < -0.39 is 0 Å². The lowest BCUT2D eigenvalue weighted by atomic mass is 10.2. The predicted molar refractivity (Wildman–Crippen MR) is 72.2 cm³/mol. The standard InChI is InChI=1S/C14H23NO3/c1-4-17-14-9-12(10-15-11(2)3)5-6-13(14)18-8-7-16/h5-6,9,11,15-16H,4,7-8,10H2,1-3H3. The lowest BCUT2D eigenvalue weighted by Gasteiger charge is -2.14. The SMILES string of the molecule is CCOc1cc(CNC(C)C)ccc1OCCO. The average Bonchev–Trinajstić information content (AvgIpc) is 2.35. The van der Waals surface area contributed by atoms with Gasteiger partial charge in [0.1, 0.15) is 6.61 Å². The van der Waals surface area contributed by atoms with Crippen LogP contribution in [0.4, 0.5) is 0 Å². The van der Waals surface area contributed by atoms with Gasteiger partial charge in [0.15, 0.2) is 11.5 Å². The molecule has 1 aromatic carbocycles. The number of ether oxygens (including phenoxy) is 2. The first-order valence-electron chi connectivity index (χ1n) is 6.40. The van der Waals surface area contributed by atoms with Crippen LogP contribution in [-0.4, -0.2) is 31.0 Å². The Balaban J connectivity index is 2.74. The highest BCUT2D eigenvalue weighted by Gasteiger charge is 2.06. The maximum absolute atomic E-state index is 8.77. The van der Waals surface area contributed by atoms with Crippen molar-refractivity contribution >= 4 is 0 Å². The maximum atomic E-state index is 8.77. The van der Waals surface area contributed by atoms with Crippen LogP contribution < -0.4 is 14.8 Å². The summed E-state index contributed by atoms with van der Waals surface area (Å²) >= 11 is 0. The zero-order valence-corrected chi connectivity index (χ0v) is 11.4. The summed E-state index contributed by atoms with van der Waals surface area (Å²) in [7, 11) is 0. The highest BCUT2D eigenvalue weighted by atomic mass is 16.5. The monoisotopic (exact) mass is 253 g/mol. The van der Waals surface area contributed by atoms with Crippen molar-refractivity contribution in [2.24, 2.45) is 0 Å². The van der Waals surface area contributed by atoms with Gasteiger partial charge in [0.05, 0.1) is 13.2 Å². The Morgan fingerprint density at radius 3 is 2.61 bits per heavy atom. The highest BCUT2D eigenvalue weighted by Crippen LogP contribution is 2.28. The van der Waals surface area contributed by atoms with E-state index in [1.54, 1.807) is 0 Å². The van der Waals surface area contributed by atoms with Crippen molar-refractivity contribution in [3.8, 4) is 11.5 Å². The number of aliphatic hydroxyl groups excluding tert-OH is 1. The normalized spacial score (nSPS) is 10.7. The topological polar surface area (TPSA) is 50.7 Å². The van der Waals surface area contributed by atoms with Crippen LogP contribution >= 0.6 is 0 Å². The first-order chi connectivity index (χ1) is 8.67. The average molecular weight is 253 g/mol. The lowest BCUT2D eigenvalue weighted by Crippen LogP contribution is -2.21. The summed E-state index contributed by atoms with van der Waals surface area (Å²) in [6.07, 6.45) is 0. The fourth-order valence-electron chi connectivity index (χ4n) is 1.53. The molecule has 4 heteroatoms. The van der Waals surface area contributed by atoms with Gasteiger partial charge in [0, 0.05) is 12.6 Å². The molecule has 0 amide bonds. The molecule has 1 rings (SSSR count). The number of aliphatic hydroxyl groups is 1. The smallest absolute Gasteiger partial charge is 0.161 e. The van der Waals surface area contributed by atoms with E-state index in [9.17, 15) is 0 Å². The third kappa shape index (κ3) is 4.94. The summed E-state index contributed by atoms with van der Waals surface area (Å²) in [4.78, 5) is 0. The minimum atomic E-state index is 0.00220. The van der Waals surface area contributed by atoms with Gasteiger partial charge in [-0.05, 0) is 24.6 Å². The van der Waals surface area contributed by atoms with Gasteiger partial charge in [0.2, 0.25) is 0 Å². The van der Waals surface area contributed by atoms with Gasteiger partial charge in [-0.1, -0.05) is 19.9 Å². The van der Waals surface area contributed by atoms with Crippen LogP contribution in [0.5, 0.6) is 11.5 Å². The van der Waals surface area contributed by atoms with Crippen LogP contribution in [0.1, 0.15) is 26.3 Å². The van der Waals surface area contributed by atoms with Crippen LogP contribution in [0.3, 0.4) is 0 Å². The van der Waals surface area contributed by atoms with E-state index in [4.69, 9.17) is 14.6 Å². The quantitative estimate of drug-likeness (QED) is 0.743. The van der Waals surface area contributed by atoms with Gasteiger partial charge >= 0.3 is 0 Å². The minimum absolute atomic E-state index is 0.00220. The molecule has 0 heterocycles. The van der Waals surface area contributed by atoms with E-state index in [1.807, 2.05) is 25.1 Å². The van der Waals surface area contributed by atoms with Crippen molar-refractivity contribution in [3.63, 3.8) is 0 Å². The van der Waals surface area contributed by atoms with Gasteiger partial charge in [-0.15, -0.1) is 0 Å². The third-order valence-electron chi connectivity index (χ3n) is 2.37. The Morgan fingerprint density at radius 2 is 2.00 bits per heavy atom. The van der Waals surface area contributed by atoms with Crippen LogP contribution in [0.2, 0.25) is 0 Å². The molecule has 0 radical (unpaired) electrons.